The molecule has 2 saturated heterocycles. The van der Waals surface area contributed by atoms with Crippen molar-refractivity contribution in [2.45, 2.75) is 151 Å². The van der Waals surface area contributed by atoms with Crippen molar-refractivity contribution in [2.24, 2.45) is 16.0 Å². The fraction of sp³-hybridized carbons (Fsp3) is 0.929. The zero-order valence-corrected chi connectivity index (χ0v) is 24.2. The maximum atomic E-state index is 11.6. The number of aliphatic carboxylic acids is 1. The normalized spacial score (nSPS) is 25.8. The first kappa shape index (κ1) is 30.7. The van der Waals surface area contributed by atoms with Gasteiger partial charge < -0.3 is 5.11 Å². The molecule has 7 heteroatoms. The molecule has 35 heavy (non-hydrogen) atoms. The molecule has 5 nitrogen and oxygen atoms in total. The summed E-state index contributed by atoms with van der Waals surface area (Å²) in [6.45, 7) is 7.34. The molecule has 0 spiro atoms. The highest BCUT2D eigenvalue weighted by molar-refractivity contribution is 8.00. The van der Waals surface area contributed by atoms with Crippen molar-refractivity contribution in [2.75, 3.05) is 0 Å². The molecule has 2 aliphatic rings. The molecule has 0 bridgehead atoms. The van der Waals surface area contributed by atoms with Gasteiger partial charge in [0, 0.05) is 31.6 Å². The Bertz CT molecular complexity index is 682. The van der Waals surface area contributed by atoms with Crippen molar-refractivity contribution in [1.29, 1.82) is 0 Å². The number of hydrogen-bond donors (Lipinski definition) is 1. The molecule has 4 atom stereocenters. The zero-order valence-electron chi connectivity index (χ0n) is 22.6. The summed E-state index contributed by atoms with van der Waals surface area (Å²) in [7, 11) is 0. The van der Waals surface area contributed by atoms with Crippen LogP contribution in [-0.2, 0) is 9.59 Å². The molecule has 2 fully saturated rings. The topological polar surface area (TPSA) is 83.8 Å². The second kappa shape index (κ2) is 15.0. The van der Waals surface area contributed by atoms with E-state index in [4.69, 9.17) is 0 Å². The van der Waals surface area contributed by atoms with Crippen LogP contribution in [0.1, 0.15) is 130 Å². The third kappa shape index (κ3) is 11.2. The van der Waals surface area contributed by atoms with E-state index in [1.54, 1.807) is 0 Å². The summed E-state index contributed by atoms with van der Waals surface area (Å²) >= 11 is 4.44. The Balaban J connectivity index is 1.61. The number of unbranched alkanes of at least 4 members (excludes halogenated alkanes) is 2. The standard InChI is InChI=1S/C28H49NO4S2/c1-27(2,25(30)29-33)19-7-5-11-21-13-9-15-23(34-21)17-18-24-16-10-14-22(35-24)12-6-8-20-28(3,4)26(31)32/h21-24H,5-20H2,1-4H3,(H,31,32). The van der Waals surface area contributed by atoms with Crippen LogP contribution < -0.4 is 0 Å². The van der Waals surface area contributed by atoms with Crippen LogP contribution in [0.3, 0.4) is 0 Å². The molecule has 2 rings (SSSR count). The van der Waals surface area contributed by atoms with Crippen LogP contribution in [0.15, 0.2) is 5.18 Å². The van der Waals surface area contributed by atoms with Gasteiger partial charge in [0.25, 0.3) is 5.91 Å². The van der Waals surface area contributed by atoms with Crippen molar-refractivity contribution in [3.05, 3.63) is 4.91 Å². The summed E-state index contributed by atoms with van der Waals surface area (Å²) < 4.78 is 0. The van der Waals surface area contributed by atoms with Crippen molar-refractivity contribution >= 4 is 35.4 Å². The highest BCUT2D eigenvalue weighted by Crippen LogP contribution is 2.41. The molecular formula is C28H49NO4S2. The summed E-state index contributed by atoms with van der Waals surface area (Å²) in [6.07, 6.45) is 19.0. The number of carboxylic acid groups (broad SMARTS) is 1. The lowest BCUT2D eigenvalue weighted by atomic mass is 9.86. The van der Waals surface area contributed by atoms with Crippen LogP contribution in [0.4, 0.5) is 0 Å². The van der Waals surface area contributed by atoms with Gasteiger partial charge in [0.1, 0.15) is 0 Å². The minimum Gasteiger partial charge on any atom is -0.481 e. The lowest BCUT2D eigenvalue weighted by molar-refractivity contribution is -0.147. The van der Waals surface area contributed by atoms with E-state index < -0.39 is 22.7 Å². The highest BCUT2D eigenvalue weighted by Gasteiger charge is 2.30. The Morgan fingerprint density at radius 3 is 1.51 bits per heavy atom. The summed E-state index contributed by atoms with van der Waals surface area (Å²) in [4.78, 5) is 33.5. The number of carbonyl (C=O) groups excluding carboxylic acids is 1. The van der Waals surface area contributed by atoms with E-state index >= 15 is 0 Å². The van der Waals surface area contributed by atoms with Crippen LogP contribution >= 0.6 is 23.5 Å². The molecule has 0 saturated carbocycles. The third-order valence-electron chi connectivity index (χ3n) is 8.08. The van der Waals surface area contributed by atoms with Crippen LogP contribution in [0.2, 0.25) is 0 Å². The summed E-state index contributed by atoms with van der Waals surface area (Å²) in [6, 6.07) is 0. The van der Waals surface area contributed by atoms with Crippen molar-refractivity contribution in [1.82, 2.24) is 0 Å². The molecule has 4 unspecified atom stereocenters. The van der Waals surface area contributed by atoms with E-state index in [1.165, 1.54) is 64.2 Å². The molecule has 0 aliphatic carbocycles. The van der Waals surface area contributed by atoms with E-state index in [-0.39, 0.29) is 0 Å². The first-order chi connectivity index (χ1) is 16.5. The molecule has 0 aromatic rings. The number of nitroso groups, excluding NO2 is 1. The summed E-state index contributed by atoms with van der Waals surface area (Å²) in [5.41, 5.74) is -1.21. The smallest absolute Gasteiger partial charge is 0.309 e. The average molecular weight is 528 g/mol. The second-order valence-corrected chi connectivity index (χ2v) is 15.4. The maximum absolute atomic E-state index is 11.6. The average Bonchev–Trinajstić information content (AvgIpc) is 2.83. The number of thioether (sulfide) groups is 2. The number of hydrogen-bond acceptors (Lipinski definition) is 5. The highest BCUT2D eigenvalue weighted by atomic mass is 32.2. The Labute approximate surface area is 222 Å². The minimum absolute atomic E-state index is 0.519. The number of carbonyl (C=O) groups is 2. The second-order valence-electron chi connectivity index (χ2n) is 12.2. The fourth-order valence-electron chi connectivity index (χ4n) is 5.40. The van der Waals surface area contributed by atoms with Crippen LogP contribution in [0, 0.1) is 15.7 Å². The summed E-state index contributed by atoms with van der Waals surface area (Å²) in [5.74, 6) is -1.20. The zero-order chi connectivity index (χ0) is 25.9. The predicted octanol–water partition coefficient (Wildman–Crippen LogP) is 8.63. The quantitative estimate of drug-likeness (QED) is 0.169. The molecule has 1 amide bonds. The number of rotatable bonds is 15. The van der Waals surface area contributed by atoms with Gasteiger partial charge in [-0.1, -0.05) is 52.4 Å². The van der Waals surface area contributed by atoms with Crippen LogP contribution in [-0.4, -0.2) is 38.0 Å². The van der Waals surface area contributed by atoms with Crippen molar-refractivity contribution in [3.8, 4) is 0 Å². The van der Waals surface area contributed by atoms with Crippen molar-refractivity contribution < 1.29 is 14.7 Å². The third-order valence-corrected chi connectivity index (χ3v) is 11.5. The van der Waals surface area contributed by atoms with Gasteiger partial charge in [-0.15, -0.1) is 4.91 Å². The molecule has 2 heterocycles. The predicted molar refractivity (Wildman–Crippen MR) is 150 cm³/mol. The molecular weight excluding hydrogens is 478 g/mol. The van der Waals surface area contributed by atoms with Gasteiger partial charge in [-0.2, -0.15) is 23.5 Å². The Morgan fingerprint density at radius 1 is 0.714 bits per heavy atom. The largest absolute Gasteiger partial charge is 0.481 e. The first-order valence-electron chi connectivity index (χ1n) is 14.0. The Kier molecular flexibility index (Phi) is 13.1. The molecule has 1 N–H and O–H groups in total. The summed E-state index contributed by atoms with van der Waals surface area (Å²) in [5, 5.41) is 15.0. The number of amides is 1. The van der Waals surface area contributed by atoms with E-state index in [9.17, 15) is 19.6 Å². The van der Waals surface area contributed by atoms with Crippen molar-refractivity contribution in [3.63, 3.8) is 0 Å². The Hall–Kier alpha value is -0.560. The first-order valence-corrected chi connectivity index (χ1v) is 15.8. The monoisotopic (exact) mass is 527 g/mol. The maximum Gasteiger partial charge on any atom is 0.309 e. The molecule has 202 valence electrons. The minimum atomic E-state index is -0.681. The van der Waals surface area contributed by atoms with Crippen LogP contribution in [0.25, 0.3) is 0 Å². The van der Waals surface area contributed by atoms with Gasteiger partial charge in [-0.3, -0.25) is 9.59 Å². The lowest BCUT2D eigenvalue weighted by Gasteiger charge is -2.32. The van der Waals surface area contributed by atoms with E-state index in [0.29, 0.717) is 0 Å². The molecule has 0 aromatic heterocycles. The molecule has 0 aromatic carbocycles. The number of carboxylic acids is 1. The number of nitrogens with zero attached hydrogens (tertiary/aromatic N) is 1. The van der Waals surface area contributed by atoms with Gasteiger partial charge in [-0.05, 0) is 78.1 Å². The van der Waals surface area contributed by atoms with Gasteiger partial charge in [0.15, 0.2) is 0 Å². The van der Waals surface area contributed by atoms with E-state index in [1.807, 2.05) is 27.7 Å². The van der Waals surface area contributed by atoms with E-state index in [2.05, 4.69) is 28.7 Å². The lowest BCUT2D eigenvalue weighted by Crippen LogP contribution is -2.24. The van der Waals surface area contributed by atoms with E-state index in [0.717, 1.165) is 59.5 Å². The Morgan fingerprint density at radius 2 is 1.11 bits per heavy atom. The van der Waals surface area contributed by atoms with Crippen LogP contribution in [0.5, 0.6) is 0 Å². The van der Waals surface area contributed by atoms with Gasteiger partial charge in [-0.25, -0.2) is 0 Å². The molecule has 0 radical (unpaired) electrons. The SMILES string of the molecule is CC(C)(CCCCC1CCCC(CCC2CCCC(CCCCC(C)(C)C(=O)N=O)S2)S1)C(=O)O. The molecule has 2 aliphatic heterocycles. The van der Waals surface area contributed by atoms with Gasteiger partial charge in [0.05, 0.1) is 5.41 Å². The van der Waals surface area contributed by atoms with Gasteiger partial charge in [0.2, 0.25) is 0 Å². The fourth-order valence-corrected chi connectivity index (χ4v) is 8.85. The van der Waals surface area contributed by atoms with Gasteiger partial charge >= 0.3 is 5.97 Å².